The third-order valence-electron chi connectivity index (χ3n) is 5.01. The Morgan fingerprint density at radius 2 is 1.70 bits per heavy atom. The van der Waals surface area contributed by atoms with Gasteiger partial charge in [0.2, 0.25) is 0 Å². The van der Waals surface area contributed by atoms with Crippen LogP contribution in [0.3, 0.4) is 0 Å². The van der Waals surface area contributed by atoms with E-state index in [-0.39, 0.29) is 18.6 Å². The Morgan fingerprint density at radius 1 is 1.00 bits per heavy atom. The summed E-state index contributed by atoms with van der Waals surface area (Å²) in [6, 6.07) is 13.8. The zero-order valence-corrected chi connectivity index (χ0v) is 13.6. The number of rotatable bonds is 4. The Balaban J connectivity index is 1.98. The number of likely N-dealkylation sites (tertiary alicyclic amines) is 1. The van der Waals surface area contributed by atoms with Gasteiger partial charge in [-0.15, -0.1) is 0 Å². The summed E-state index contributed by atoms with van der Waals surface area (Å²) >= 11 is 0. The molecule has 1 heterocycles. The summed E-state index contributed by atoms with van der Waals surface area (Å²) < 4.78 is 0. The molecule has 0 aromatic heterocycles. The lowest BCUT2D eigenvalue weighted by atomic mass is 9.97. The predicted octanol–water partition coefficient (Wildman–Crippen LogP) is 1.76. The van der Waals surface area contributed by atoms with E-state index in [1.165, 1.54) is 10.8 Å². The van der Waals surface area contributed by atoms with Crippen LogP contribution in [0.4, 0.5) is 0 Å². The van der Waals surface area contributed by atoms with Gasteiger partial charge < -0.3 is 15.3 Å². The lowest BCUT2D eigenvalue weighted by Gasteiger charge is -2.32. The monoisotopic (exact) mass is 315 g/mol. The molecule has 3 rings (SSSR count). The van der Waals surface area contributed by atoms with E-state index in [0.717, 1.165) is 5.56 Å². The van der Waals surface area contributed by atoms with E-state index in [1.807, 2.05) is 32.0 Å². The molecule has 4 nitrogen and oxygen atoms in total. The van der Waals surface area contributed by atoms with Gasteiger partial charge >= 0.3 is 0 Å². The second kappa shape index (κ2) is 6.57. The van der Waals surface area contributed by atoms with Gasteiger partial charge in [0.1, 0.15) is 0 Å². The van der Waals surface area contributed by atoms with Crippen LogP contribution in [0.25, 0.3) is 10.8 Å². The molecule has 2 aromatic rings. The molecule has 4 atom stereocenters. The molecule has 0 saturated carbocycles. The normalized spacial score (nSPS) is 28.8. The maximum atomic E-state index is 10.4. The Morgan fingerprint density at radius 3 is 2.39 bits per heavy atom. The summed E-state index contributed by atoms with van der Waals surface area (Å²) in [5.41, 5.74) is 1.15. The molecule has 4 heteroatoms. The van der Waals surface area contributed by atoms with Crippen molar-refractivity contribution in [1.29, 1.82) is 0 Å². The lowest BCUT2D eigenvalue weighted by Crippen LogP contribution is -2.43. The van der Waals surface area contributed by atoms with Crippen molar-refractivity contribution in [3.8, 4) is 0 Å². The van der Waals surface area contributed by atoms with Crippen LogP contribution >= 0.6 is 0 Å². The molecule has 0 bridgehead atoms. The van der Waals surface area contributed by atoms with Crippen LogP contribution in [-0.2, 0) is 6.54 Å². The summed E-state index contributed by atoms with van der Waals surface area (Å²) in [5.74, 6) is 0.186. The standard InChI is InChI=1S/C19H25NO3/c1-12(2)17-19(23)18(22)16(11-21)20(17)10-14-8-5-7-13-6-3-4-9-15(13)14/h3-9,12,16-19,21-23H,10-11H2,1-2H3/t16-,17+,18-,19+/m1/s1. The molecule has 1 fully saturated rings. The van der Waals surface area contributed by atoms with Crippen LogP contribution < -0.4 is 0 Å². The van der Waals surface area contributed by atoms with E-state index in [0.29, 0.717) is 6.54 Å². The quantitative estimate of drug-likeness (QED) is 0.804. The molecule has 0 spiro atoms. The van der Waals surface area contributed by atoms with Crippen LogP contribution in [0.2, 0.25) is 0 Å². The summed E-state index contributed by atoms with van der Waals surface area (Å²) in [5, 5.41) is 32.7. The van der Waals surface area contributed by atoms with Gasteiger partial charge in [-0.2, -0.15) is 0 Å². The van der Waals surface area contributed by atoms with Crippen molar-refractivity contribution >= 4 is 10.8 Å². The van der Waals surface area contributed by atoms with Gasteiger partial charge in [0.25, 0.3) is 0 Å². The highest BCUT2D eigenvalue weighted by molar-refractivity contribution is 5.85. The van der Waals surface area contributed by atoms with Gasteiger partial charge in [-0.3, -0.25) is 4.90 Å². The molecule has 0 amide bonds. The topological polar surface area (TPSA) is 63.9 Å². The van der Waals surface area contributed by atoms with E-state index < -0.39 is 18.2 Å². The lowest BCUT2D eigenvalue weighted by molar-refractivity contribution is 0.0145. The maximum Gasteiger partial charge on any atom is 0.0991 e. The van der Waals surface area contributed by atoms with Crippen LogP contribution in [0.1, 0.15) is 19.4 Å². The fourth-order valence-electron chi connectivity index (χ4n) is 3.88. The smallest absolute Gasteiger partial charge is 0.0991 e. The second-order valence-electron chi connectivity index (χ2n) is 6.78. The largest absolute Gasteiger partial charge is 0.395 e. The highest BCUT2D eigenvalue weighted by atomic mass is 16.3. The van der Waals surface area contributed by atoms with Gasteiger partial charge in [-0.1, -0.05) is 56.3 Å². The van der Waals surface area contributed by atoms with Crippen molar-refractivity contribution < 1.29 is 15.3 Å². The molecule has 0 radical (unpaired) electrons. The van der Waals surface area contributed by atoms with Gasteiger partial charge in [-0.25, -0.2) is 0 Å². The number of hydrogen-bond donors (Lipinski definition) is 3. The third kappa shape index (κ3) is 2.88. The minimum Gasteiger partial charge on any atom is -0.395 e. The van der Waals surface area contributed by atoms with Crippen LogP contribution in [0.15, 0.2) is 42.5 Å². The Labute approximate surface area is 137 Å². The average molecular weight is 315 g/mol. The summed E-state index contributed by atoms with van der Waals surface area (Å²) in [6.45, 7) is 4.52. The van der Waals surface area contributed by atoms with E-state index >= 15 is 0 Å². The molecule has 2 aromatic carbocycles. The van der Waals surface area contributed by atoms with Crippen LogP contribution in [0.5, 0.6) is 0 Å². The van der Waals surface area contributed by atoms with Gasteiger partial charge in [0.15, 0.2) is 0 Å². The molecule has 0 unspecified atom stereocenters. The fourth-order valence-corrected chi connectivity index (χ4v) is 3.88. The van der Waals surface area contributed by atoms with Crippen molar-refractivity contribution in [1.82, 2.24) is 4.90 Å². The van der Waals surface area contributed by atoms with E-state index in [9.17, 15) is 15.3 Å². The first-order valence-corrected chi connectivity index (χ1v) is 8.24. The highest BCUT2D eigenvalue weighted by Crippen LogP contribution is 2.32. The Bertz CT molecular complexity index is 667. The summed E-state index contributed by atoms with van der Waals surface area (Å²) in [7, 11) is 0. The molecule has 124 valence electrons. The molecule has 1 saturated heterocycles. The number of aliphatic hydroxyl groups excluding tert-OH is 3. The zero-order valence-electron chi connectivity index (χ0n) is 13.6. The van der Waals surface area contributed by atoms with Crippen molar-refractivity contribution in [2.24, 2.45) is 5.92 Å². The first-order valence-electron chi connectivity index (χ1n) is 8.24. The predicted molar refractivity (Wildman–Crippen MR) is 91.0 cm³/mol. The Kier molecular flexibility index (Phi) is 4.69. The van der Waals surface area contributed by atoms with Crippen LogP contribution in [-0.4, -0.2) is 51.1 Å². The zero-order chi connectivity index (χ0) is 16.6. The van der Waals surface area contributed by atoms with Crippen LogP contribution in [0, 0.1) is 5.92 Å². The molecular formula is C19H25NO3. The first kappa shape index (κ1) is 16.4. The van der Waals surface area contributed by atoms with E-state index in [2.05, 4.69) is 29.2 Å². The van der Waals surface area contributed by atoms with E-state index in [4.69, 9.17) is 0 Å². The minimum atomic E-state index is -0.914. The number of benzene rings is 2. The molecule has 1 aliphatic rings. The third-order valence-corrected chi connectivity index (χ3v) is 5.01. The fraction of sp³-hybridized carbons (Fsp3) is 0.474. The van der Waals surface area contributed by atoms with E-state index in [1.54, 1.807) is 0 Å². The number of nitrogens with zero attached hydrogens (tertiary/aromatic N) is 1. The maximum absolute atomic E-state index is 10.4. The summed E-state index contributed by atoms with van der Waals surface area (Å²) in [6.07, 6.45) is -1.75. The number of hydrogen-bond acceptors (Lipinski definition) is 4. The Hall–Kier alpha value is -1.46. The molecule has 0 aliphatic carbocycles. The molecular weight excluding hydrogens is 290 g/mol. The number of fused-ring (bicyclic) bond motifs is 1. The minimum absolute atomic E-state index is 0.161. The van der Waals surface area contributed by atoms with Crippen molar-refractivity contribution in [3.05, 3.63) is 48.0 Å². The van der Waals surface area contributed by atoms with Crippen molar-refractivity contribution in [3.63, 3.8) is 0 Å². The first-order chi connectivity index (χ1) is 11.0. The van der Waals surface area contributed by atoms with Crippen molar-refractivity contribution in [2.45, 2.75) is 44.7 Å². The van der Waals surface area contributed by atoms with Gasteiger partial charge in [-0.05, 0) is 22.3 Å². The molecule has 23 heavy (non-hydrogen) atoms. The highest BCUT2D eigenvalue weighted by Gasteiger charge is 2.48. The molecule has 1 aliphatic heterocycles. The number of aliphatic hydroxyl groups is 3. The van der Waals surface area contributed by atoms with Crippen molar-refractivity contribution in [2.75, 3.05) is 6.61 Å². The second-order valence-corrected chi connectivity index (χ2v) is 6.78. The molecule has 3 N–H and O–H groups in total. The SMILES string of the molecule is CC(C)[C@H]1[C@H](O)[C@H](O)[C@@H](CO)N1Cc1cccc2ccccc12. The van der Waals surface area contributed by atoms with Gasteiger partial charge in [0.05, 0.1) is 24.9 Å². The van der Waals surface area contributed by atoms with Gasteiger partial charge in [0, 0.05) is 12.6 Å². The summed E-state index contributed by atoms with van der Waals surface area (Å²) in [4.78, 5) is 2.06. The average Bonchev–Trinajstić information content (AvgIpc) is 2.78.